The standard InChI is InChI=1S/C5H7N3O.C2H6/c1-9-4-2-7-5(6)8-3-4;1-2/h2-3H,1H3,(H2,6,7,8);1-2H3. The van der Waals surface area contributed by atoms with Gasteiger partial charge in [-0.15, -0.1) is 0 Å². The van der Waals surface area contributed by atoms with Gasteiger partial charge in [-0.2, -0.15) is 0 Å². The molecule has 4 nitrogen and oxygen atoms in total. The number of hydrogen-bond acceptors (Lipinski definition) is 4. The molecule has 62 valence electrons. The number of hydrogen-bond donors (Lipinski definition) is 1. The normalized spacial score (nSPS) is 7.91. The minimum absolute atomic E-state index is 0.260. The van der Waals surface area contributed by atoms with Crippen molar-refractivity contribution in [3.8, 4) is 5.75 Å². The third-order valence-electron chi connectivity index (χ3n) is 0.884. The van der Waals surface area contributed by atoms with E-state index in [0.29, 0.717) is 5.75 Å². The lowest BCUT2D eigenvalue weighted by Crippen LogP contribution is -1.93. The summed E-state index contributed by atoms with van der Waals surface area (Å²) in [6.45, 7) is 4.00. The van der Waals surface area contributed by atoms with Crippen LogP contribution < -0.4 is 10.5 Å². The Morgan fingerprint density at radius 1 is 1.27 bits per heavy atom. The zero-order chi connectivity index (χ0) is 8.69. The molecule has 1 rings (SSSR count). The van der Waals surface area contributed by atoms with E-state index in [9.17, 15) is 0 Å². The van der Waals surface area contributed by atoms with Crippen LogP contribution >= 0.6 is 0 Å². The first-order valence-electron chi connectivity index (χ1n) is 3.44. The lowest BCUT2D eigenvalue weighted by molar-refractivity contribution is 0.411. The SMILES string of the molecule is CC.COc1cnc(N)nc1. The Bertz CT molecular complexity index is 185. The maximum absolute atomic E-state index is 5.20. The first kappa shape index (κ1) is 9.68. The molecule has 0 unspecified atom stereocenters. The van der Waals surface area contributed by atoms with Gasteiger partial charge < -0.3 is 10.5 Å². The van der Waals surface area contributed by atoms with Crippen molar-refractivity contribution in [2.75, 3.05) is 12.8 Å². The highest BCUT2D eigenvalue weighted by Gasteiger charge is 1.88. The van der Waals surface area contributed by atoms with Crippen LogP contribution in [0.15, 0.2) is 12.4 Å². The van der Waals surface area contributed by atoms with Crippen LogP contribution in [0.1, 0.15) is 13.8 Å². The number of methoxy groups -OCH3 is 1. The van der Waals surface area contributed by atoms with Crippen LogP contribution in [0.3, 0.4) is 0 Å². The van der Waals surface area contributed by atoms with E-state index in [1.54, 1.807) is 7.11 Å². The quantitative estimate of drug-likeness (QED) is 0.659. The zero-order valence-corrected chi connectivity index (χ0v) is 7.03. The summed E-state index contributed by atoms with van der Waals surface area (Å²) in [5.41, 5.74) is 5.20. The third-order valence-corrected chi connectivity index (χ3v) is 0.884. The van der Waals surface area contributed by atoms with Gasteiger partial charge >= 0.3 is 0 Å². The van der Waals surface area contributed by atoms with E-state index >= 15 is 0 Å². The van der Waals surface area contributed by atoms with Crippen molar-refractivity contribution >= 4 is 5.95 Å². The Morgan fingerprint density at radius 3 is 2.09 bits per heavy atom. The van der Waals surface area contributed by atoms with Crippen LogP contribution in [-0.4, -0.2) is 17.1 Å². The summed E-state index contributed by atoms with van der Waals surface area (Å²) < 4.78 is 4.79. The fraction of sp³-hybridized carbons (Fsp3) is 0.429. The monoisotopic (exact) mass is 155 g/mol. The van der Waals surface area contributed by atoms with Crippen LogP contribution in [0.4, 0.5) is 5.95 Å². The van der Waals surface area contributed by atoms with Crippen molar-refractivity contribution < 1.29 is 4.74 Å². The van der Waals surface area contributed by atoms with E-state index in [1.807, 2.05) is 13.8 Å². The van der Waals surface area contributed by atoms with Crippen molar-refractivity contribution in [1.29, 1.82) is 0 Å². The van der Waals surface area contributed by atoms with E-state index in [-0.39, 0.29) is 5.95 Å². The molecule has 0 amide bonds. The predicted molar refractivity (Wildman–Crippen MR) is 44.3 cm³/mol. The summed E-state index contributed by atoms with van der Waals surface area (Å²) in [4.78, 5) is 7.38. The Labute approximate surface area is 66.4 Å². The molecule has 4 heteroatoms. The van der Waals surface area contributed by atoms with Gasteiger partial charge in [-0.25, -0.2) is 9.97 Å². The molecule has 0 saturated heterocycles. The molecular formula is C7H13N3O. The van der Waals surface area contributed by atoms with Crippen LogP contribution in [0.5, 0.6) is 5.75 Å². The van der Waals surface area contributed by atoms with Gasteiger partial charge in [0.2, 0.25) is 5.95 Å². The van der Waals surface area contributed by atoms with Crippen LogP contribution in [0.25, 0.3) is 0 Å². The fourth-order valence-corrected chi connectivity index (χ4v) is 0.432. The second-order valence-electron chi connectivity index (χ2n) is 1.48. The van der Waals surface area contributed by atoms with Crippen LogP contribution in [0, 0.1) is 0 Å². The third kappa shape index (κ3) is 3.40. The summed E-state index contributed by atoms with van der Waals surface area (Å²) in [6.07, 6.45) is 3.03. The van der Waals surface area contributed by atoms with Crippen LogP contribution in [-0.2, 0) is 0 Å². The number of nitrogen functional groups attached to an aromatic ring is 1. The van der Waals surface area contributed by atoms with E-state index < -0.39 is 0 Å². The molecule has 1 aromatic rings. The number of ether oxygens (including phenoxy) is 1. The van der Waals surface area contributed by atoms with Gasteiger partial charge in [-0.05, 0) is 0 Å². The second kappa shape index (κ2) is 5.46. The average molecular weight is 155 g/mol. The molecule has 1 aromatic heterocycles. The van der Waals surface area contributed by atoms with E-state index in [2.05, 4.69) is 9.97 Å². The van der Waals surface area contributed by atoms with Gasteiger partial charge in [0, 0.05) is 0 Å². The Hall–Kier alpha value is -1.32. The largest absolute Gasteiger partial charge is 0.494 e. The van der Waals surface area contributed by atoms with Gasteiger partial charge in [0.05, 0.1) is 19.5 Å². The predicted octanol–water partition coefficient (Wildman–Crippen LogP) is 1.09. The fourth-order valence-electron chi connectivity index (χ4n) is 0.432. The highest BCUT2D eigenvalue weighted by molar-refractivity contribution is 5.20. The molecule has 0 spiro atoms. The second-order valence-corrected chi connectivity index (χ2v) is 1.48. The summed E-state index contributed by atoms with van der Waals surface area (Å²) in [5, 5.41) is 0. The molecule has 0 bridgehead atoms. The van der Waals surface area contributed by atoms with Gasteiger partial charge in [0.25, 0.3) is 0 Å². The maximum Gasteiger partial charge on any atom is 0.220 e. The lowest BCUT2D eigenvalue weighted by Gasteiger charge is -1.95. The van der Waals surface area contributed by atoms with Crippen molar-refractivity contribution in [2.24, 2.45) is 0 Å². The molecule has 11 heavy (non-hydrogen) atoms. The number of nitrogens with two attached hydrogens (primary N) is 1. The summed E-state index contributed by atoms with van der Waals surface area (Å²) in [6, 6.07) is 0. The molecule has 0 aliphatic rings. The summed E-state index contributed by atoms with van der Waals surface area (Å²) in [7, 11) is 1.55. The number of aromatic nitrogens is 2. The average Bonchev–Trinajstić information content (AvgIpc) is 2.10. The molecule has 0 saturated carbocycles. The smallest absolute Gasteiger partial charge is 0.220 e. The van der Waals surface area contributed by atoms with E-state index in [4.69, 9.17) is 10.5 Å². The minimum atomic E-state index is 0.260. The molecule has 2 N–H and O–H groups in total. The molecule has 0 atom stereocenters. The van der Waals surface area contributed by atoms with Gasteiger partial charge in [-0.1, -0.05) is 13.8 Å². The Balaban J connectivity index is 0.000000461. The zero-order valence-electron chi connectivity index (χ0n) is 7.03. The van der Waals surface area contributed by atoms with Gasteiger partial charge in [-0.3, -0.25) is 0 Å². The first-order valence-corrected chi connectivity index (χ1v) is 3.44. The summed E-state index contributed by atoms with van der Waals surface area (Å²) in [5.74, 6) is 0.875. The van der Waals surface area contributed by atoms with Crippen molar-refractivity contribution in [2.45, 2.75) is 13.8 Å². The van der Waals surface area contributed by atoms with Crippen molar-refractivity contribution in [1.82, 2.24) is 9.97 Å². The van der Waals surface area contributed by atoms with Crippen molar-refractivity contribution in [3.63, 3.8) is 0 Å². The molecule has 0 aliphatic heterocycles. The van der Waals surface area contributed by atoms with E-state index in [1.165, 1.54) is 12.4 Å². The van der Waals surface area contributed by atoms with Gasteiger partial charge in [0.1, 0.15) is 0 Å². The highest BCUT2D eigenvalue weighted by Crippen LogP contribution is 2.03. The molecule has 1 heterocycles. The van der Waals surface area contributed by atoms with E-state index in [0.717, 1.165) is 0 Å². The van der Waals surface area contributed by atoms with Gasteiger partial charge in [0.15, 0.2) is 5.75 Å². The first-order chi connectivity index (χ1) is 5.33. The molecular weight excluding hydrogens is 142 g/mol. The maximum atomic E-state index is 5.20. The Morgan fingerprint density at radius 2 is 1.73 bits per heavy atom. The van der Waals surface area contributed by atoms with Crippen molar-refractivity contribution in [3.05, 3.63) is 12.4 Å². The summed E-state index contributed by atoms with van der Waals surface area (Å²) >= 11 is 0. The molecule has 0 fully saturated rings. The lowest BCUT2D eigenvalue weighted by atomic mass is 10.6. The van der Waals surface area contributed by atoms with Crippen LogP contribution in [0.2, 0.25) is 0 Å². The topological polar surface area (TPSA) is 61.0 Å². The minimum Gasteiger partial charge on any atom is -0.494 e. The number of anilines is 1. The number of rotatable bonds is 1. The highest BCUT2D eigenvalue weighted by atomic mass is 16.5. The molecule has 0 radical (unpaired) electrons. The Kier molecular flexibility index (Phi) is 4.81. The molecule has 0 aromatic carbocycles. The molecule has 0 aliphatic carbocycles. The number of nitrogens with zero attached hydrogens (tertiary/aromatic N) is 2.